The normalized spacial score (nSPS) is 29.5. The molecule has 2 aliphatic rings. The summed E-state index contributed by atoms with van der Waals surface area (Å²) in [5, 5.41) is 0. The Bertz CT molecular complexity index is 489. The van der Waals surface area contributed by atoms with Crippen molar-refractivity contribution in [3.8, 4) is 5.75 Å². The average molecular weight is 357 g/mol. The van der Waals surface area contributed by atoms with Crippen molar-refractivity contribution in [1.82, 2.24) is 0 Å². The van der Waals surface area contributed by atoms with Gasteiger partial charge in [0.15, 0.2) is 0 Å². The molecule has 0 spiro atoms. The highest BCUT2D eigenvalue weighted by Gasteiger charge is 2.30. The molecule has 2 fully saturated rings. The second-order valence-electron chi connectivity index (χ2n) is 9.00. The minimum Gasteiger partial charge on any atom is -0.494 e. The zero-order chi connectivity index (χ0) is 18.2. The van der Waals surface area contributed by atoms with Gasteiger partial charge in [-0.05, 0) is 86.3 Å². The summed E-state index contributed by atoms with van der Waals surface area (Å²) in [5.74, 6) is 5.15. The molecule has 3 rings (SSSR count). The molecular weight excluding hydrogens is 316 g/mol. The van der Waals surface area contributed by atoms with Gasteiger partial charge < -0.3 is 4.74 Å². The van der Waals surface area contributed by atoms with Gasteiger partial charge in [0.2, 0.25) is 0 Å². The van der Waals surface area contributed by atoms with Crippen molar-refractivity contribution in [1.29, 1.82) is 0 Å². The van der Waals surface area contributed by atoms with E-state index in [-0.39, 0.29) is 0 Å². The Morgan fingerprint density at radius 3 is 1.88 bits per heavy atom. The number of rotatable bonds is 8. The van der Waals surface area contributed by atoms with Crippen LogP contribution in [0.1, 0.15) is 90.0 Å². The molecule has 0 atom stereocenters. The maximum atomic E-state index is 5.69. The highest BCUT2D eigenvalue weighted by molar-refractivity contribution is 5.27. The van der Waals surface area contributed by atoms with Crippen molar-refractivity contribution in [2.24, 2.45) is 23.7 Å². The van der Waals surface area contributed by atoms with Gasteiger partial charge in [-0.15, -0.1) is 0 Å². The Labute approximate surface area is 161 Å². The number of aryl methyl sites for hydroxylation is 1. The molecule has 2 aliphatic carbocycles. The Balaban J connectivity index is 1.35. The van der Waals surface area contributed by atoms with Crippen LogP contribution in [0.4, 0.5) is 0 Å². The van der Waals surface area contributed by atoms with E-state index in [0.29, 0.717) is 0 Å². The molecule has 1 aromatic rings. The van der Waals surface area contributed by atoms with Gasteiger partial charge in [0.1, 0.15) is 5.75 Å². The maximum Gasteiger partial charge on any atom is 0.119 e. The van der Waals surface area contributed by atoms with Gasteiger partial charge in [-0.1, -0.05) is 58.1 Å². The van der Waals surface area contributed by atoms with Gasteiger partial charge in [-0.2, -0.15) is 0 Å². The van der Waals surface area contributed by atoms with Crippen LogP contribution in [0.5, 0.6) is 5.75 Å². The predicted octanol–water partition coefficient (Wildman–Crippen LogP) is 7.43. The molecule has 1 aromatic carbocycles. The van der Waals surface area contributed by atoms with E-state index in [1.165, 1.54) is 76.2 Å². The van der Waals surface area contributed by atoms with Gasteiger partial charge in [0, 0.05) is 0 Å². The number of benzene rings is 1. The van der Waals surface area contributed by atoms with Crippen molar-refractivity contribution in [2.45, 2.75) is 90.9 Å². The zero-order valence-electron chi connectivity index (χ0n) is 17.2. The summed E-state index contributed by atoms with van der Waals surface area (Å²) in [6.45, 7) is 5.35. The molecule has 0 bridgehead atoms. The van der Waals surface area contributed by atoms with E-state index in [2.05, 4.69) is 38.1 Å². The van der Waals surface area contributed by atoms with Crippen molar-refractivity contribution in [2.75, 3.05) is 6.61 Å². The lowest BCUT2D eigenvalue weighted by molar-refractivity contribution is 0.142. The first kappa shape index (κ1) is 19.8. The molecule has 0 amide bonds. The van der Waals surface area contributed by atoms with E-state index >= 15 is 0 Å². The molecule has 1 heteroatoms. The quantitative estimate of drug-likeness (QED) is 0.470. The van der Waals surface area contributed by atoms with Crippen molar-refractivity contribution < 1.29 is 4.74 Å². The molecule has 1 nitrogen and oxygen atoms in total. The summed E-state index contributed by atoms with van der Waals surface area (Å²) in [6, 6.07) is 8.83. The fourth-order valence-electron chi connectivity index (χ4n) is 5.36. The lowest BCUT2D eigenvalue weighted by Gasteiger charge is -2.37. The smallest absolute Gasteiger partial charge is 0.119 e. The molecule has 2 saturated carbocycles. The Kier molecular flexibility index (Phi) is 7.89. The highest BCUT2D eigenvalue weighted by Crippen LogP contribution is 2.42. The third kappa shape index (κ3) is 5.76. The lowest BCUT2D eigenvalue weighted by Crippen LogP contribution is -2.25. The van der Waals surface area contributed by atoms with Crippen LogP contribution in [0.2, 0.25) is 0 Å². The minimum atomic E-state index is 0.822. The number of hydrogen-bond acceptors (Lipinski definition) is 1. The van der Waals surface area contributed by atoms with Crippen LogP contribution < -0.4 is 4.74 Å². The average Bonchev–Trinajstić information content (AvgIpc) is 2.72. The van der Waals surface area contributed by atoms with Gasteiger partial charge in [-0.25, -0.2) is 0 Å². The Hall–Kier alpha value is -0.980. The monoisotopic (exact) mass is 356 g/mol. The molecule has 0 aromatic heterocycles. The van der Waals surface area contributed by atoms with Crippen LogP contribution in [0, 0.1) is 23.7 Å². The molecule has 0 heterocycles. The van der Waals surface area contributed by atoms with Crippen LogP contribution in [0.15, 0.2) is 24.3 Å². The summed E-state index contributed by atoms with van der Waals surface area (Å²) >= 11 is 0. The largest absolute Gasteiger partial charge is 0.494 e. The maximum absolute atomic E-state index is 5.69. The van der Waals surface area contributed by atoms with Crippen molar-refractivity contribution in [3.05, 3.63) is 29.8 Å². The summed E-state index contributed by atoms with van der Waals surface area (Å²) in [5.41, 5.74) is 1.48. The fourth-order valence-corrected chi connectivity index (χ4v) is 5.36. The topological polar surface area (TPSA) is 9.23 Å². The Morgan fingerprint density at radius 2 is 1.35 bits per heavy atom. The van der Waals surface area contributed by atoms with E-state index in [0.717, 1.165) is 42.4 Å². The van der Waals surface area contributed by atoms with Crippen molar-refractivity contribution >= 4 is 0 Å². The van der Waals surface area contributed by atoms with Crippen LogP contribution in [0.25, 0.3) is 0 Å². The summed E-state index contributed by atoms with van der Waals surface area (Å²) in [7, 11) is 0. The second-order valence-corrected chi connectivity index (χ2v) is 9.00. The van der Waals surface area contributed by atoms with Gasteiger partial charge >= 0.3 is 0 Å². The summed E-state index contributed by atoms with van der Waals surface area (Å²) in [4.78, 5) is 0. The van der Waals surface area contributed by atoms with Crippen LogP contribution in [0.3, 0.4) is 0 Å². The first-order valence-corrected chi connectivity index (χ1v) is 11.5. The number of ether oxygens (including phenoxy) is 1. The molecule has 0 N–H and O–H groups in total. The molecule has 26 heavy (non-hydrogen) atoms. The van der Waals surface area contributed by atoms with E-state index in [4.69, 9.17) is 4.74 Å². The summed E-state index contributed by atoms with van der Waals surface area (Å²) < 4.78 is 5.69. The van der Waals surface area contributed by atoms with Crippen LogP contribution >= 0.6 is 0 Å². The predicted molar refractivity (Wildman–Crippen MR) is 112 cm³/mol. The molecule has 0 radical (unpaired) electrons. The third-order valence-corrected chi connectivity index (χ3v) is 7.26. The first-order chi connectivity index (χ1) is 12.8. The SMILES string of the molecule is CCCOc1ccc(CC[C@H]2CC[C@H]([C@H]3CC[C@H](CC)CC3)CC2)cc1. The van der Waals surface area contributed by atoms with E-state index in [1.807, 2.05) is 0 Å². The van der Waals surface area contributed by atoms with Gasteiger partial charge in [-0.3, -0.25) is 0 Å². The number of hydrogen-bond donors (Lipinski definition) is 0. The first-order valence-electron chi connectivity index (χ1n) is 11.5. The van der Waals surface area contributed by atoms with Gasteiger partial charge in [0.25, 0.3) is 0 Å². The molecule has 146 valence electrons. The summed E-state index contributed by atoms with van der Waals surface area (Å²) in [6.07, 6.45) is 17.2. The van der Waals surface area contributed by atoms with E-state index in [1.54, 1.807) is 0 Å². The fraction of sp³-hybridized carbons (Fsp3) is 0.760. The molecule has 0 unspecified atom stereocenters. The van der Waals surface area contributed by atoms with Crippen LogP contribution in [-0.4, -0.2) is 6.61 Å². The molecule has 0 aliphatic heterocycles. The Morgan fingerprint density at radius 1 is 0.769 bits per heavy atom. The second kappa shape index (κ2) is 10.4. The van der Waals surface area contributed by atoms with Crippen LogP contribution in [-0.2, 0) is 6.42 Å². The van der Waals surface area contributed by atoms with E-state index < -0.39 is 0 Å². The zero-order valence-corrected chi connectivity index (χ0v) is 17.2. The lowest BCUT2D eigenvalue weighted by atomic mass is 9.68. The third-order valence-electron chi connectivity index (χ3n) is 7.26. The highest BCUT2D eigenvalue weighted by atomic mass is 16.5. The molecular formula is C25H40O. The van der Waals surface area contributed by atoms with Crippen molar-refractivity contribution in [3.63, 3.8) is 0 Å². The minimum absolute atomic E-state index is 0.822. The standard InChI is InChI=1S/C25H40O/c1-3-19-26-25-17-11-22(12-18-25)6-5-21-9-15-24(16-10-21)23-13-7-20(4-2)8-14-23/h11-12,17-18,20-21,23-24H,3-10,13-16,19H2,1-2H3/t20-,21-,23-,24-. The van der Waals surface area contributed by atoms with E-state index in [9.17, 15) is 0 Å². The van der Waals surface area contributed by atoms with Gasteiger partial charge in [0.05, 0.1) is 6.61 Å². The molecule has 0 saturated heterocycles.